The minimum atomic E-state index is -3.34. The van der Waals surface area contributed by atoms with E-state index >= 15 is 0 Å². The van der Waals surface area contributed by atoms with E-state index in [2.05, 4.69) is 10.4 Å². The van der Waals surface area contributed by atoms with Crippen molar-refractivity contribution in [1.82, 2.24) is 9.78 Å². The number of rotatable bonds is 7. The highest BCUT2D eigenvalue weighted by Gasteiger charge is 2.15. The number of anilines is 1. The number of hydrogen-bond donors (Lipinski definition) is 1. The summed E-state index contributed by atoms with van der Waals surface area (Å²) in [5.74, 6) is -2.26. The van der Waals surface area contributed by atoms with Crippen LogP contribution in [-0.2, 0) is 30.7 Å². The standard InChI is InChI=1S/C19H17N3O7S/c1-30(26,27)15-9-7-14(8-10-15)20-16(23)12-28-17(24)11-22-19(25)29-18(21-22)13-5-3-2-4-6-13/h2-10H,11-12H2,1H3,(H,20,23). The first-order valence-electron chi connectivity index (χ1n) is 8.61. The zero-order valence-electron chi connectivity index (χ0n) is 15.8. The van der Waals surface area contributed by atoms with E-state index in [9.17, 15) is 22.8 Å². The summed E-state index contributed by atoms with van der Waals surface area (Å²) in [6, 6.07) is 14.2. The summed E-state index contributed by atoms with van der Waals surface area (Å²) in [6.45, 7) is -1.11. The Morgan fingerprint density at radius 1 is 1.10 bits per heavy atom. The van der Waals surface area contributed by atoms with Crippen LogP contribution >= 0.6 is 0 Å². The fourth-order valence-electron chi connectivity index (χ4n) is 2.40. The van der Waals surface area contributed by atoms with Crippen LogP contribution in [0.4, 0.5) is 5.69 Å². The molecule has 0 aliphatic carbocycles. The molecule has 0 unspecified atom stereocenters. The number of benzene rings is 2. The molecule has 156 valence electrons. The maximum Gasteiger partial charge on any atom is 0.437 e. The number of carbonyl (C=O) groups excluding carboxylic acids is 2. The van der Waals surface area contributed by atoms with Crippen molar-refractivity contribution < 1.29 is 27.2 Å². The van der Waals surface area contributed by atoms with E-state index in [0.717, 1.165) is 10.9 Å². The molecule has 1 N–H and O–H groups in total. The predicted molar refractivity (Wildman–Crippen MR) is 105 cm³/mol. The van der Waals surface area contributed by atoms with Crippen molar-refractivity contribution in [3.63, 3.8) is 0 Å². The Hall–Kier alpha value is -3.73. The van der Waals surface area contributed by atoms with Gasteiger partial charge in [0.2, 0.25) is 5.89 Å². The van der Waals surface area contributed by atoms with E-state index in [1.54, 1.807) is 30.3 Å². The molecule has 3 rings (SSSR count). The Morgan fingerprint density at radius 3 is 2.40 bits per heavy atom. The van der Waals surface area contributed by atoms with Crippen LogP contribution < -0.4 is 11.1 Å². The molecule has 11 heteroatoms. The van der Waals surface area contributed by atoms with Crippen molar-refractivity contribution in [1.29, 1.82) is 0 Å². The Bertz CT molecular complexity index is 1210. The number of esters is 1. The van der Waals surface area contributed by atoms with Crippen LogP contribution in [0, 0.1) is 0 Å². The lowest BCUT2D eigenvalue weighted by molar-refractivity contribution is -0.148. The molecule has 3 aromatic rings. The third kappa shape index (κ3) is 5.41. The van der Waals surface area contributed by atoms with Gasteiger partial charge in [0, 0.05) is 17.5 Å². The first-order valence-corrected chi connectivity index (χ1v) is 10.5. The number of amides is 1. The van der Waals surface area contributed by atoms with Crippen molar-refractivity contribution in [2.45, 2.75) is 11.4 Å². The molecular weight excluding hydrogens is 414 g/mol. The van der Waals surface area contributed by atoms with E-state index < -0.39 is 40.6 Å². The maximum atomic E-state index is 11.9. The van der Waals surface area contributed by atoms with Gasteiger partial charge in [-0.3, -0.25) is 9.59 Å². The lowest BCUT2D eigenvalue weighted by Gasteiger charge is -2.07. The van der Waals surface area contributed by atoms with E-state index in [4.69, 9.17) is 9.15 Å². The number of nitrogens with one attached hydrogen (secondary N) is 1. The Morgan fingerprint density at radius 2 is 1.77 bits per heavy atom. The second-order valence-corrected chi connectivity index (χ2v) is 8.22. The number of ether oxygens (including phenoxy) is 1. The van der Waals surface area contributed by atoms with Crippen molar-refractivity contribution in [3.8, 4) is 11.5 Å². The summed E-state index contributed by atoms with van der Waals surface area (Å²) in [5.41, 5.74) is 0.909. The van der Waals surface area contributed by atoms with Crippen LogP contribution in [0.25, 0.3) is 11.5 Å². The van der Waals surface area contributed by atoms with Crippen LogP contribution in [-0.4, -0.2) is 42.9 Å². The van der Waals surface area contributed by atoms with E-state index in [-0.39, 0.29) is 10.8 Å². The second kappa shape index (κ2) is 8.74. The molecule has 2 aromatic carbocycles. The van der Waals surface area contributed by atoms with Crippen LogP contribution in [0.15, 0.2) is 68.7 Å². The minimum Gasteiger partial charge on any atom is -0.454 e. The molecule has 0 spiro atoms. The van der Waals surface area contributed by atoms with Gasteiger partial charge in [-0.05, 0) is 36.4 Å². The molecule has 0 radical (unpaired) electrons. The van der Waals surface area contributed by atoms with E-state index in [1.165, 1.54) is 24.3 Å². The molecule has 0 aliphatic rings. The highest BCUT2D eigenvalue weighted by atomic mass is 32.2. The average Bonchev–Trinajstić information content (AvgIpc) is 3.07. The lowest BCUT2D eigenvalue weighted by Crippen LogP contribution is -2.26. The van der Waals surface area contributed by atoms with Gasteiger partial charge in [0.05, 0.1) is 4.90 Å². The largest absolute Gasteiger partial charge is 0.454 e. The molecule has 0 saturated heterocycles. The summed E-state index contributed by atoms with van der Waals surface area (Å²) in [6.07, 6.45) is 1.07. The smallest absolute Gasteiger partial charge is 0.437 e. The molecule has 1 amide bonds. The third-order valence-electron chi connectivity index (χ3n) is 3.84. The molecule has 1 aromatic heterocycles. The van der Waals surface area contributed by atoms with Gasteiger partial charge in [-0.1, -0.05) is 18.2 Å². The molecule has 10 nitrogen and oxygen atoms in total. The zero-order chi connectivity index (χ0) is 21.7. The summed E-state index contributed by atoms with van der Waals surface area (Å²) in [5, 5.41) is 6.39. The first kappa shape index (κ1) is 21.0. The molecule has 1 heterocycles. The van der Waals surface area contributed by atoms with Gasteiger partial charge < -0.3 is 14.5 Å². The summed E-state index contributed by atoms with van der Waals surface area (Å²) >= 11 is 0. The fourth-order valence-corrected chi connectivity index (χ4v) is 3.03. The minimum absolute atomic E-state index is 0.0590. The SMILES string of the molecule is CS(=O)(=O)c1ccc(NC(=O)COC(=O)Cn2nc(-c3ccccc3)oc2=O)cc1. The summed E-state index contributed by atoms with van der Waals surface area (Å²) in [4.78, 5) is 35.8. The number of carbonyl (C=O) groups is 2. The summed E-state index contributed by atoms with van der Waals surface area (Å²) in [7, 11) is -3.34. The monoisotopic (exact) mass is 431 g/mol. The molecular formula is C19H17N3O7S. The fraction of sp³-hybridized carbons (Fsp3) is 0.158. The average molecular weight is 431 g/mol. The molecule has 0 saturated carbocycles. The Balaban J connectivity index is 1.53. The molecule has 0 fully saturated rings. The van der Waals surface area contributed by atoms with E-state index in [0.29, 0.717) is 11.3 Å². The van der Waals surface area contributed by atoms with Gasteiger partial charge in [-0.15, -0.1) is 5.10 Å². The highest BCUT2D eigenvalue weighted by Crippen LogP contribution is 2.14. The number of nitrogens with zero attached hydrogens (tertiary/aromatic N) is 2. The first-order chi connectivity index (χ1) is 14.2. The second-order valence-electron chi connectivity index (χ2n) is 6.20. The molecule has 0 aliphatic heterocycles. The Labute approximate surface area is 171 Å². The van der Waals surface area contributed by atoms with Crippen molar-refractivity contribution in [2.75, 3.05) is 18.2 Å². The summed E-state index contributed by atoms with van der Waals surface area (Å²) < 4.78 is 33.5. The molecule has 0 atom stereocenters. The van der Waals surface area contributed by atoms with Crippen molar-refractivity contribution >= 4 is 27.4 Å². The third-order valence-corrected chi connectivity index (χ3v) is 4.96. The normalized spacial score (nSPS) is 11.1. The maximum absolute atomic E-state index is 11.9. The lowest BCUT2D eigenvalue weighted by atomic mass is 10.2. The van der Waals surface area contributed by atoms with Gasteiger partial charge in [0.15, 0.2) is 16.4 Å². The number of aromatic nitrogens is 2. The van der Waals surface area contributed by atoms with Crippen LogP contribution in [0.3, 0.4) is 0 Å². The van der Waals surface area contributed by atoms with E-state index in [1.807, 2.05) is 0 Å². The Kier molecular flexibility index (Phi) is 6.11. The van der Waals surface area contributed by atoms with Crippen molar-refractivity contribution in [3.05, 3.63) is 65.1 Å². The van der Waals surface area contributed by atoms with Gasteiger partial charge >= 0.3 is 11.7 Å². The van der Waals surface area contributed by atoms with Crippen LogP contribution in [0.5, 0.6) is 0 Å². The predicted octanol–water partition coefficient (Wildman–Crippen LogP) is 1.09. The van der Waals surface area contributed by atoms with Gasteiger partial charge in [0.25, 0.3) is 5.91 Å². The quantitative estimate of drug-likeness (QED) is 0.549. The van der Waals surface area contributed by atoms with Crippen LogP contribution in [0.1, 0.15) is 0 Å². The number of hydrogen-bond acceptors (Lipinski definition) is 8. The van der Waals surface area contributed by atoms with Crippen LogP contribution in [0.2, 0.25) is 0 Å². The zero-order valence-corrected chi connectivity index (χ0v) is 16.6. The van der Waals surface area contributed by atoms with Gasteiger partial charge in [0.1, 0.15) is 6.54 Å². The molecule has 0 bridgehead atoms. The number of sulfone groups is 1. The van der Waals surface area contributed by atoms with Crippen molar-refractivity contribution in [2.24, 2.45) is 0 Å². The topological polar surface area (TPSA) is 138 Å². The van der Waals surface area contributed by atoms with Gasteiger partial charge in [-0.25, -0.2) is 13.2 Å². The van der Waals surface area contributed by atoms with Gasteiger partial charge in [-0.2, -0.15) is 4.68 Å². The molecule has 30 heavy (non-hydrogen) atoms. The highest BCUT2D eigenvalue weighted by molar-refractivity contribution is 7.90.